The third kappa shape index (κ3) is 35.6. The molecule has 1 rings (SSSR count). The van der Waals surface area contributed by atoms with Crippen LogP contribution in [0.3, 0.4) is 0 Å². The Balaban J connectivity index is 2.24. The number of aliphatic hydroxyl groups is 4. The van der Waals surface area contributed by atoms with Crippen molar-refractivity contribution in [3.63, 3.8) is 0 Å². The number of carbonyl (C=O) groups is 1. The summed E-state index contributed by atoms with van der Waals surface area (Å²) >= 11 is 0. The summed E-state index contributed by atoms with van der Waals surface area (Å²) in [7, 11) is 0. The Hall–Kier alpha value is -2.37. The van der Waals surface area contributed by atoms with E-state index >= 15 is 0 Å². The number of esters is 1. The maximum atomic E-state index is 12.8. The Morgan fingerprint density at radius 1 is 0.524 bits per heavy atom. The lowest BCUT2D eigenvalue weighted by atomic mass is 9.99. The van der Waals surface area contributed by atoms with Gasteiger partial charge in [0.25, 0.3) is 0 Å². The van der Waals surface area contributed by atoms with E-state index in [9.17, 15) is 25.2 Å². The van der Waals surface area contributed by atoms with Crippen molar-refractivity contribution in [2.45, 2.75) is 237 Å². The fraction of sp³-hybridized carbons (Fsp3) is 0.759. The molecule has 1 fully saturated rings. The third-order valence-electron chi connectivity index (χ3n) is 11.4. The summed E-state index contributed by atoms with van der Waals surface area (Å²) in [6.45, 7) is 4.43. The molecular weight excluding hydrogens is 793 g/mol. The zero-order valence-electron chi connectivity index (χ0n) is 40.1. The van der Waals surface area contributed by atoms with Gasteiger partial charge in [0, 0.05) is 13.0 Å². The third-order valence-corrected chi connectivity index (χ3v) is 11.4. The maximum absolute atomic E-state index is 12.8. The minimum absolute atomic E-state index is 0.126. The van der Waals surface area contributed by atoms with Gasteiger partial charge >= 0.3 is 5.97 Å². The van der Waals surface area contributed by atoms with E-state index in [0.29, 0.717) is 6.61 Å². The second-order valence-corrected chi connectivity index (χ2v) is 17.2. The Morgan fingerprint density at radius 2 is 0.968 bits per heavy atom. The molecule has 1 aliphatic heterocycles. The Labute approximate surface area is 385 Å². The predicted molar refractivity (Wildman–Crippen MR) is 260 cm³/mol. The van der Waals surface area contributed by atoms with E-state index < -0.39 is 43.4 Å². The van der Waals surface area contributed by atoms with Crippen LogP contribution in [0.15, 0.2) is 72.9 Å². The molecule has 0 saturated carbocycles. The topological polar surface area (TPSA) is 135 Å². The first-order valence-electron chi connectivity index (χ1n) is 25.5. The predicted octanol–water partition coefficient (Wildman–Crippen LogP) is 12.4. The Morgan fingerprint density at radius 3 is 1.46 bits per heavy atom. The van der Waals surface area contributed by atoms with Crippen LogP contribution < -0.4 is 0 Å². The number of ether oxygens (including phenoxy) is 4. The summed E-state index contributed by atoms with van der Waals surface area (Å²) in [5.41, 5.74) is 0. The minimum atomic E-state index is -1.54. The number of hydrogen-bond donors (Lipinski definition) is 4. The van der Waals surface area contributed by atoms with Gasteiger partial charge in [-0.05, 0) is 64.2 Å². The van der Waals surface area contributed by atoms with Crippen LogP contribution in [0.2, 0.25) is 0 Å². The van der Waals surface area contributed by atoms with Gasteiger partial charge in [-0.15, -0.1) is 0 Å². The summed E-state index contributed by atoms with van der Waals surface area (Å²) in [6, 6.07) is 0. The van der Waals surface area contributed by atoms with Crippen LogP contribution in [0.4, 0.5) is 0 Å². The molecule has 1 saturated heterocycles. The van der Waals surface area contributed by atoms with E-state index in [-0.39, 0.29) is 25.6 Å². The van der Waals surface area contributed by atoms with Crippen LogP contribution in [0, 0.1) is 0 Å². The van der Waals surface area contributed by atoms with Crippen molar-refractivity contribution < 1.29 is 44.2 Å². The standard InChI is InChI=1S/C54H94O9/c1-3-5-7-9-11-13-15-17-19-21-22-23-24-25-26-27-29-31-33-35-37-39-41-43-50(56)62-48(47-61-54-53(59)52(58)51(57)49(45-55)63-54)46-60-44-42-40-38-36-34-32-30-28-20-18-16-14-12-10-8-6-4-2/h5,7,11,13,17,19,22-23,25-26,29,31,48-49,51-55,57-59H,3-4,6,8-10,12,14-16,18,20-21,24,27-28,30,32-47H2,1-2H3/b7-5-,13-11-,19-17-,23-22-,26-25-,31-29-. The van der Waals surface area contributed by atoms with Gasteiger partial charge in [-0.3, -0.25) is 4.79 Å². The number of unbranched alkanes of at least 4 members (excludes halogenated alkanes) is 20. The van der Waals surface area contributed by atoms with Gasteiger partial charge in [-0.2, -0.15) is 0 Å². The van der Waals surface area contributed by atoms with Crippen molar-refractivity contribution >= 4 is 5.97 Å². The average Bonchev–Trinajstić information content (AvgIpc) is 3.28. The molecule has 6 atom stereocenters. The van der Waals surface area contributed by atoms with Crippen LogP contribution >= 0.6 is 0 Å². The quantitative estimate of drug-likeness (QED) is 0.0268. The first-order chi connectivity index (χ1) is 30.9. The number of allylic oxidation sites excluding steroid dienone is 12. The minimum Gasteiger partial charge on any atom is -0.457 e. The molecule has 364 valence electrons. The molecular formula is C54H94O9. The lowest BCUT2D eigenvalue weighted by molar-refractivity contribution is -0.305. The van der Waals surface area contributed by atoms with Crippen molar-refractivity contribution in [2.75, 3.05) is 26.4 Å². The normalized spacial score (nSPS) is 20.3. The van der Waals surface area contributed by atoms with Gasteiger partial charge < -0.3 is 39.4 Å². The summed E-state index contributed by atoms with van der Waals surface area (Å²) in [6.07, 6.45) is 52.1. The van der Waals surface area contributed by atoms with Gasteiger partial charge in [0.15, 0.2) is 6.29 Å². The maximum Gasteiger partial charge on any atom is 0.306 e. The molecule has 4 N–H and O–H groups in total. The molecule has 1 heterocycles. The van der Waals surface area contributed by atoms with E-state index in [0.717, 1.165) is 83.5 Å². The highest BCUT2D eigenvalue weighted by atomic mass is 16.7. The fourth-order valence-electron chi connectivity index (χ4n) is 7.44. The molecule has 0 aliphatic carbocycles. The van der Waals surface area contributed by atoms with Crippen molar-refractivity contribution in [1.29, 1.82) is 0 Å². The van der Waals surface area contributed by atoms with E-state index in [1.54, 1.807) is 0 Å². The number of rotatable bonds is 43. The largest absolute Gasteiger partial charge is 0.457 e. The highest BCUT2D eigenvalue weighted by Crippen LogP contribution is 2.23. The Bertz CT molecular complexity index is 1190. The van der Waals surface area contributed by atoms with E-state index in [4.69, 9.17) is 18.9 Å². The molecule has 0 bridgehead atoms. The summed E-state index contributed by atoms with van der Waals surface area (Å²) in [5, 5.41) is 40.2. The van der Waals surface area contributed by atoms with Crippen LogP contribution in [0.25, 0.3) is 0 Å². The lowest BCUT2D eigenvalue weighted by Crippen LogP contribution is -2.59. The zero-order chi connectivity index (χ0) is 45.7. The summed E-state index contributed by atoms with van der Waals surface area (Å²) < 4.78 is 22.9. The average molecular weight is 887 g/mol. The second kappa shape index (κ2) is 44.8. The van der Waals surface area contributed by atoms with Crippen LogP contribution in [0.1, 0.15) is 200 Å². The van der Waals surface area contributed by atoms with E-state index in [1.165, 1.54) is 96.3 Å². The van der Waals surface area contributed by atoms with Crippen molar-refractivity contribution in [2.24, 2.45) is 0 Å². The van der Waals surface area contributed by atoms with E-state index in [1.807, 2.05) is 0 Å². The number of aliphatic hydroxyl groups excluding tert-OH is 4. The molecule has 0 aromatic rings. The SMILES string of the molecule is CC/C=C\C/C=C\C/C=C\C/C=C\C/C=C\C/C=C\CCCCCCC(=O)OC(COCCCCCCCCCCCCCCCCCCC)COC1OC(CO)C(O)C(O)C1O. The molecule has 9 nitrogen and oxygen atoms in total. The smallest absolute Gasteiger partial charge is 0.306 e. The highest BCUT2D eigenvalue weighted by molar-refractivity contribution is 5.69. The molecule has 9 heteroatoms. The van der Waals surface area contributed by atoms with Crippen LogP contribution in [-0.2, 0) is 23.7 Å². The van der Waals surface area contributed by atoms with Crippen molar-refractivity contribution in [1.82, 2.24) is 0 Å². The van der Waals surface area contributed by atoms with Gasteiger partial charge in [0.1, 0.15) is 30.5 Å². The molecule has 0 spiro atoms. The molecule has 0 radical (unpaired) electrons. The summed E-state index contributed by atoms with van der Waals surface area (Å²) in [5.74, 6) is -0.337. The molecule has 0 aromatic carbocycles. The van der Waals surface area contributed by atoms with Crippen LogP contribution in [-0.4, -0.2) is 89.6 Å². The van der Waals surface area contributed by atoms with E-state index in [2.05, 4.69) is 86.8 Å². The molecule has 6 unspecified atom stereocenters. The van der Waals surface area contributed by atoms with Crippen molar-refractivity contribution in [3.05, 3.63) is 72.9 Å². The molecule has 63 heavy (non-hydrogen) atoms. The number of hydrogen-bond acceptors (Lipinski definition) is 9. The Kier molecular flexibility index (Phi) is 41.7. The van der Waals surface area contributed by atoms with Gasteiger partial charge in [-0.1, -0.05) is 202 Å². The zero-order valence-corrected chi connectivity index (χ0v) is 40.1. The molecule has 0 aromatic heterocycles. The first kappa shape index (κ1) is 58.6. The number of carbonyl (C=O) groups excluding carboxylic acids is 1. The monoisotopic (exact) mass is 887 g/mol. The van der Waals surface area contributed by atoms with Gasteiger partial charge in [0.05, 0.1) is 19.8 Å². The molecule has 0 amide bonds. The molecule has 1 aliphatic rings. The lowest BCUT2D eigenvalue weighted by Gasteiger charge is -2.39. The highest BCUT2D eigenvalue weighted by Gasteiger charge is 2.44. The van der Waals surface area contributed by atoms with Gasteiger partial charge in [-0.25, -0.2) is 0 Å². The van der Waals surface area contributed by atoms with Crippen molar-refractivity contribution in [3.8, 4) is 0 Å². The summed E-state index contributed by atoms with van der Waals surface area (Å²) in [4.78, 5) is 12.8. The fourth-order valence-corrected chi connectivity index (χ4v) is 7.44. The second-order valence-electron chi connectivity index (χ2n) is 17.2. The van der Waals surface area contributed by atoms with Gasteiger partial charge in [0.2, 0.25) is 0 Å². The first-order valence-corrected chi connectivity index (χ1v) is 25.5. The van der Waals surface area contributed by atoms with Crippen LogP contribution in [0.5, 0.6) is 0 Å².